The standard InChI is InChI=1S/C9H10ClN3OS/c10-7-3-6-8(11-4-5-1-2-5)12-13(14)9(6)15-7/h3,5,14H,1-2,4H2,(H,11,12). The molecule has 1 aliphatic carbocycles. The molecule has 1 aliphatic rings. The fourth-order valence-electron chi connectivity index (χ4n) is 1.56. The second-order valence-electron chi connectivity index (χ2n) is 3.83. The lowest BCUT2D eigenvalue weighted by Gasteiger charge is -1.99. The zero-order chi connectivity index (χ0) is 10.4. The first-order chi connectivity index (χ1) is 7.24. The smallest absolute Gasteiger partial charge is 0.166 e. The molecule has 0 atom stereocenters. The van der Waals surface area contributed by atoms with Crippen LogP contribution >= 0.6 is 22.9 Å². The van der Waals surface area contributed by atoms with E-state index in [1.54, 1.807) is 0 Å². The van der Waals surface area contributed by atoms with Crippen molar-refractivity contribution >= 4 is 39.0 Å². The van der Waals surface area contributed by atoms with Crippen molar-refractivity contribution in [2.45, 2.75) is 12.8 Å². The van der Waals surface area contributed by atoms with Gasteiger partial charge in [-0.25, -0.2) is 0 Å². The van der Waals surface area contributed by atoms with E-state index >= 15 is 0 Å². The molecule has 2 N–H and O–H groups in total. The van der Waals surface area contributed by atoms with Crippen LogP contribution in [0.1, 0.15) is 12.8 Å². The van der Waals surface area contributed by atoms with E-state index in [0.29, 0.717) is 9.17 Å². The van der Waals surface area contributed by atoms with Gasteiger partial charge in [0.1, 0.15) is 0 Å². The van der Waals surface area contributed by atoms with Crippen LogP contribution in [-0.2, 0) is 0 Å². The van der Waals surface area contributed by atoms with Crippen molar-refractivity contribution < 1.29 is 5.21 Å². The van der Waals surface area contributed by atoms with Crippen molar-refractivity contribution in [3.63, 3.8) is 0 Å². The Labute approximate surface area is 95.4 Å². The van der Waals surface area contributed by atoms with Crippen LogP contribution in [0.5, 0.6) is 0 Å². The lowest BCUT2D eigenvalue weighted by atomic mass is 10.4. The highest BCUT2D eigenvalue weighted by atomic mass is 35.5. The molecule has 0 aliphatic heterocycles. The Morgan fingerprint density at radius 2 is 2.47 bits per heavy atom. The van der Waals surface area contributed by atoms with Gasteiger partial charge in [-0.05, 0) is 24.8 Å². The number of thiophene rings is 1. The third kappa shape index (κ3) is 1.66. The normalized spacial score (nSPS) is 16.1. The highest BCUT2D eigenvalue weighted by molar-refractivity contribution is 7.22. The van der Waals surface area contributed by atoms with E-state index in [4.69, 9.17) is 11.6 Å². The first-order valence-corrected chi connectivity index (χ1v) is 6.04. The predicted octanol–water partition coefficient (Wildman–Crippen LogP) is 2.81. The minimum absolute atomic E-state index is 0.666. The number of hydrogen-bond donors (Lipinski definition) is 2. The molecule has 0 spiro atoms. The Hall–Kier alpha value is -0.940. The number of halogens is 1. The Morgan fingerprint density at radius 3 is 3.20 bits per heavy atom. The number of nitrogens with one attached hydrogen (secondary N) is 1. The first-order valence-electron chi connectivity index (χ1n) is 4.85. The van der Waals surface area contributed by atoms with Gasteiger partial charge in [-0.15, -0.1) is 16.4 Å². The van der Waals surface area contributed by atoms with Crippen molar-refractivity contribution in [1.82, 2.24) is 9.94 Å². The molecule has 0 bridgehead atoms. The largest absolute Gasteiger partial charge is 0.411 e. The molecule has 0 amide bonds. The van der Waals surface area contributed by atoms with Crippen LogP contribution in [0, 0.1) is 5.92 Å². The van der Waals surface area contributed by atoms with Crippen molar-refractivity contribution in [2.24, 2.45) is 5.92 Å². The summed E-state index contributed by atoms with van der Waals surface area (Å²) in [5.74, 6) is 1.50. The van der Waals surface area contributed by atoms with Crippen LogP contribution < -0.4 is 5.32 Å². The molecule has 6 heteroatoms. The van der Waals surface area contributed by atoms with Crippen LogP contribution in [0.2, 0.25) is 4.34 Å². The summed E-state index contributed by atoms with van der Waals surface area (Å²) in [7, 11) is 0. The monoisotopic (exact) mass is 243 g/mol. The molecule has 80 valence electrons. The number of aromatic nitrogens is 2. The Bertz CT molecular complexity index is 503. The molecular weight excluding hydrogens is 234 g/mol. The molecule has 1 fully saturated rings. The highest BCUT2D eigenvalue weighted by Crippen LogP contribution is 2.34. The van der Waals surface area contributed by atoms with Gasteiger partial charge in [0.15, 0.2) is 10.6 Å². The van der Waals surface area contributed by atoms with E-state index in [-0.39, 0.29) is 0 Å². The summed E-state index contributed by atoms with van der Waals surface area (Å²) >= 11 is 7.21. The lowest BCUT2D eigenvalue weighted by Crippen LogP contribution is -2.04. The van der Waals surface area contributed by atoms with Crippen molar-refractivity contribution in [2.75, 3.05) is 11.9 Å². The Balaban J connectivity index is 1.93. The molecule has 4 nitrogen and oxygen atoms in total. The van der Waals surface area contributed by atoms with Gasteiger partial charge in [0.25, 0.3) is 0 Å². The number of anilines is 1. The summed E-state index contributed by atoms with van der Waals surface area (Å²) in [4.78, 5) is 1.58. The SMILES string of the molecule is On1nc(NCC2CC2)c2cc(Cl)sc21. The second-order valence-corrected chi connectivity index (χ2v) is 5.49. The molecule has 3 rings (SSSR count). The molecule has 2 aromatic rings. The molecule has 0 radical (unpaired) electrons. The lowest BCUT2D eigenvalue weighted by molar-refractivity contribution is 0.163. The molecule has 15 heavy (non-hydrogen) atoms. The summed E-state index contributed by atoms with van der Waals surface area (Å²) in [6.45, 7) is 0.930. The third-order valence-electron chi connectivity index (χ3n) is 2.57. The number of nitrogens with zero attached hydrogens (tertiary/aromatic N) is 2. The molecule has 0 unspecified atom stereocenters. The van der Waals surface area contributed by atoms with Crippen molar-refractivity contribution in [3.8, 4) is 0 Å². The molecule has 1 saturated carbocycles. The fraction of sp³-hybridized carbons (Fsp3) is 0.444. The summed E-state index contributed by atoms with van der Waals surface area (Å²) in [5, 5.41) is 17.6. The maximum absolute atomic E-state index is 9.50. The second kappa shape index (κ2) is 3.28. The van der Waals surface area contributed by atoms with Gasteiger partial charge in [-0.2, -0.15) is 0 Å². The Morgan fingerprint density at radius 1 is 1.67 bits per heavy atom. The minimum atomic E-state index is 0.666. The van der Waals surface area contributed by atoms with Gasteiger partial charge in [-0.1, -0.05) is 16.4 Å². The van der Waals surface area contributed by atoms with Crippen LogP contribution in [-0.4, -0.2) is 21.7 Å². The summed E-state index contributed by atoms with van der Waals surface area (Å²) in [6.07, 6.45) is 2.58. The van der Waals surface area contributed by atoms with E-state index in [1.165, 1.54) is 24.2 Å². The summed E-state index contributed by atoms with van der Waals surface area (Å²) in [6, 6.07) is 1.83. The molecule has 0 aromatic carbocycles. The van der Waals surface area contributed by atoms with Crippen molar-refractivity contribution in [1.29, 1.82) is 0 Å². The zero-order valence-electron chi connectivity index (χ0n) is 7.90. The van der Waals surface area contributed by atoms with Gasteiger partial charge in [-0.3, -0.25) is 0 Å². The van der Waals surface area contributed by atoms with Gasteiger partial charge in [0.05, 0.1) is 9.72 Å². The van der Waals surface area contributed by atoms with E-state index in [9.17, 15) is 5.21 Å². The average molecular weight is 244 g/mol. The maximum Gasteiger partial charge on any atom is 0.166 e. The van der Waals surface area contributed by atoms with Gasteiger partial charge < -0.3 is 10.5 Å². The number of hydrogen-bond acceptors (Lipinski definition) is 4. The van der Waals surface area contributed by atoms with Crippen LogP contribution in [0.25, 0.3) is 10.2 Å². The number of fused-ring (bicyclic) bond motifs is 1. The third-order valence-corrected chi connectivity index (χ3v) is 3.80. The molecule has 0 saturated heterocycles. The molecular formula is C9H10ClN3OS. The topological polar surface area (TPSA) is 50.1 Å². The van der Waals surface area contributed by atoms with E-state index in [2.05, 4.69) is 10.4 Å². The van der Waals surface area contributed by atoms with Crippen LogP contribution in [0.4, 0.5) is 5.82 Å². The number of rotatable bonds is 3. The summed E-state index contributed by atoms with van der Waals surface area (Å²) < 4.78 is 0.666. The zero-order valence-corrected chi connectivity index (χ0v) is 9.48. The molecule has 2 heterocycles. The van der Waals surface area contributed by atoms with Crippen LogP contribution in [0.15, 0.2) is 6.07 Å². The van der Waals surface area contributed by atoms with E-state index in [0.717, 1.165) is 28.5 Å². The quantitative estimate of drug-likeness (QED) is 0.815. The Kier molecular flexibility index (Phi) is 2.03. The van der Waals surface area contributed by atoms with Crippen LogP contribution in [0.3, 0.4) is 0 Å². The summed E-state index contributed by atoms with van der Waals surface area (Å²) in [5.41, 5.74) is 0. The predicted molar refractivity (Wildman–Crippen MR) is 61.0 cm³/mol. The molecule has 2 aromatic heterocycles. The van der Waals surface area contributed by atoms with Gasteiger partial charge in [0, 0.05) is 6.54 Å². The van der Waals surface area contributed by atoms with Crippen molar-refractivity contribution in [3.05, 3.63) is 10.4 Å². The van der Waals surface area contributed by atoms with Gasteiger partial charge in [0.2, 0.25) is 0 Å². The highest BCUT2D eigenvalue weighted by Gasteiger charge is 2.22. The van der Waals surface area contributed by atoms with E-state index in [1.807, 2.05) is 6.07 Å². The maximum atomic E-state index is 9.50. The minimum Gasteiger partial charge on any atom is -0.411 e. The van der Waals surface area contributed by atoms with E-state index < -0.39 is 0 Å². The first kappa shape index (κ1) is 9.30. The fourth-order valence-corrected chi connectivity index (χ4v) is 2.64. The van der Waals surface area contributed by atoms with Gasteiger partial charge >= 0.3 is 0 Å². The average Bonchev–Trinajstić information content (AvgIpc) is 2.88.